The van der Waals surface area contributed by atoms with Crippen molar-refractivity contribution in [3.05, 3.63) is 11.6 Å². The zero-order valence-electron chi connectivity index (χ0n) is 13.5. The quantitative estimate of drug-likeness (QED) is 0.668. The lowest BCUT2D eigenvalue weighted by Crippen LogP contribution is -2.53. The average molecular weight is 290 g/mol. The van der Waals surface area contributed by atoms with E-state index in [0.29, 0.717) is 23.2 Å². The molecule has 7 atom stereocenters. The second-order valence-electron chi connectivity index (χ2n) is 8.87. The molecule has 3 fully saturated rings. The molecule has 0 aliphatic heterocycles. The van der Waals surface area contributed by atoms with Crippen molar-refractivity contribution < 1.29 is 10.2 Å². The van der Waals surface area contributed by atoms with Crippen LogP contribution in [0, 0.1) is 28.6 Å². The molecule has 0 aromatic rings. The molecule has 0 heterocycles. The Morgan fingerprint density at radius 3 is 2.62 bits per heavy atom. The van der Waals surface area contributed by atoms with Gasteiger partial charge in [0.25, 0.3) is 0 Å². The lowest BCUT2D eigenvalue weighted by atomic mass is 9.47. The Hall–Kier alpha value is -0.340. The van der Waals surface area contributed by atoms with Crippen LogP contribution in [0.15, 0.2) is 11.6 Å². The number of hydrogen-bond acceptors (Lipinski definition) is 2. The first kappa shape index (κ1) is 14.3. The molecule has 2 heteroatoms. The maximum Gasteiger partial charge on any atom is 0.0757 e. The van der Waals surface area contributed by atoms with Gasteiger partial charge < -0.3 is 10.2 Å². The van der Waals surface area contributed by atoms with Gasteiger partial charge in [0.2, 0.25) is 0 Å². The van der Waals surface area contributed by atoms with E-state index in [0.717, 1.165) is 19.3 Å². The summed E-state index contributed by atoms with van der Waals surface area (Å²) in [5.74, 6) is 1.82. The summed E-state index contributed by atoms with van der Waals surface area (Å²) in [7, 11) is 0. The van der Waals surface area contributed by atoms with Gasteiger partial charge in [-0.25, -0.2) is 0 Å². The van der Waals surface area contributed by atoms with Gasteiger partial charge in [-0.1, -0.05) is 31.9 Å². The molecule has 2 N–H and O–H groups in total. The molecule has 0 aromatic carbocycles. The Kier molecular flexibility index (Phi) is 3.11. The van der Waals surface area contributed by atoms with Gasteiger partial charge in [-0.2, -0.15) is 0 Å². The first-order chi connectivity index (χ1) is 9.94. The van der Waals surface area contributed by atoms with Gasteiger partial charge in [-0.3, -0.25) is 0 Å². The predicted molar refractivity (Wildman–Crippen MR) is 83.7 cm³/mol. The number of aliphatic hydroxyl groups is 2. The Morgan fingerprint density at radius 2 is 1.81 bits per heavy atom. The summed E-state index contributed by atoms with van der Waals surface area (Å²) in [6.07, 6.45) is 11.2. The Bertz CT molecular complexity index is 470. The molecular weight excluding hydrogens is 260 g/mol. The van der Waals surface area contributed by atoms with Crippen molar-refractivity contribution in [3.8, 4) is 0 Å². The van der Waals surface area contributed by atoms with Crippen LogP contribution >= 0.6 is 0 Å². The largest absolute Gasteiger partial charge is 0.393 e. The van der Waals surface area contributed by atoms with Gasteiger partial charge >= 0.3 is 0 Å². The van der Waals surface area contributed by atoms with Gasteiger partial charge in [0, 0.05) is 0 Å². The molecule has 21 heavy (non-hydrogen) atoms. The van der Waals surface area contributed by atoms with E-state index in [-0.39, 0.29) is 17.6 Å². The van der Waals surface area contributed by atoms with Crippen LogP contribution in [0.3, 0.4) is 0 Å². The number of fused-ring (bicyclic) bond motifs is 5. The monoisotopic (exact) mass is 290 g/mol. The summed E-state index contributed by atoms with van der Waals surface area (Å²) in [6, 6.07) is 0. The molecule has 0 aromatic heterocycles. The second-order valence-corrected chi connectivity index (χ2v) is 8.87. The van der Waals surface area contributed by atoms with Gasteiger partial charge in [0.15, 0.2) is 0 Å². The molecule has 3 saturated carbocycles. The molecule has 0 radical (unpaired) electrons. The maximum atomic E-state index is 10.8. The molecule has 0 spiro atoms. The van der Waals surface area contributed by atoms with Crippen LogP contribution in [0.25, 0.3) is 0 Å². The van der Waals surface area contributed by atoms with E-state index in [1.807, 2.05) is 0 Å². The Labute approximate surface area is 128 Å². The molecular formula is C19H30O2. The van der Waals surface area contributed by atoms with Crippen LogP contribution in [-0.2, 0) is 0 Å². The molecule has 4 aliphatic rings. The third kappa shape index (κ3) is 1.91. The van der Waals surface area contributed by atoms with Crippen LogP contribution in [0.5, 0.6) is 0 Å². The van der Waals surface area contributed by atoms with Crippen LogP contribution in [0.1, 0.15) is 65.2 Å². The number of hydrogen-bond donors (Lipinski definition) is 2. The third-order valence-electron chi connectivity index (χ3n) is 7.88. The van der Waals surface area contributed by atoms with Crippen molar-refractivity contribution in [1.29, 1.82) is 0 Å². The molecule has 4 aliphatic carbocycles. The molecule has 0 saturated heterocycles. The fourth-order valence-corrected chi connectivity index (χ4v) is 6.62. The number of rotatable bonds is 0. The highest BCUT2D eigenvalue weighted by atomic mass is 16.3. The van der Waals surface area contributed by atoms with Crippen LogP contribution < -0.4 is 0 Å². The summed E-state index contributed by atoms with van der Waals surface area (Å²) in [4.78, 5) is 0. The van der Waals surface area contributed by atoms with Crippen LogP contribution in [-0.4, -0.2) is 22.4 Å². The SMILES string of the molecule is C[C@@]12CCC[C@H]1[C@@H]1[C@H](O)C=C3C[C@H](O)CC[C@]3(C)[C@H]1CC2. The maximum absolute atomic E-state index is 10.8. The summed E-state index contributed by atoms with van der Waals surface area (Å²) >= 11 is 0. The van der Waals surface area contributed by atoms with Gasteiger partial charge in [0.1, 0.15) is 0 Å². The van der Waals surface area contributed by atoms with E-state index in [9.17, 15) is 10.2 Å². The highest BCUT2D eigenvalue weighted by molar-refractivity contribution is 5.27. The van der Waals surface area contributed by atoms with Crippen molar-refractivity contribution in [2.75, 3.05) is 0 Å². The third-order valence-corrected chi connectivity index (χ3v) is 7.88. The van der Waals surface area contributed by atoms with E-state index in [1.165, 1.54) is 37.7 Å². The van der Waals surface area contributed by atoms with E-state index in [2.05, 4.69) is 19.9 Å². The molecule has 0 amide bonds. The van der Waals surface area contributed by atoms with E-state index in [1.54, 1.807) is 0 Å². The normalized spacial score (nSPS) is 56.2. The van der Waals surface area contributed by atoms with Crippen LogP contribution in [0.4, 0.5) is 0 Å². The number of aliphatic hydroxyl groups excluding tert-OH is 2. The lowest BCUT2D eigenvalue weighted by molar-refractivity contribution is -0.0825. The van der Waals surface area contributed by atoms with Crippen molar-refractivity contribution in [1.82, 2.24) is 0 Å². The summed E-state index contributed by atoms with van der Waals surface area (Å²) in [6.45, 7) is 4.89. The second kappa shape index (κ2) is 4.58. The zero-order valence-corrected chi connectivity index (χ0v) is 13.5. The molecule has 4 rings (SSSR count). The smallest absolute Gasteiger partial charge is 0.0757 e. The molecule has 118 valence electrons. The predicted octanol–water partition coefficient (Wildman–Crippen LogP) is 3.67. The highest BCUT2D eigenvalue weighted by Crippen LogP contribution is 2.64. The van der Waals surface area contributed by atoms with Crippen LogP contribution in [0.2, 0.25) is 0 Å². The Balaban J connectivity index is 1.73. The Morgan fingerprint density at radius 1 is 1.00 bits per heavy atom. The first-order valence-corrected chi connectivity index (χ1v) is 9.01. The van der Waals surface area contributed by atoms with Crippen molar-refractivity contribution >= 4 is 0 Å². The molecule has 0 unspecified atom stereocenters. The fraction of sp³-hybridized carbons (Fsp3) is 0.895. The van der Waals surface area contributed by atoms with E-state index >= 15 is 0 Å². The van der Waals surface area contributed by atoms with Gasteiger partial charge in [0.05, 0.1) is 12.2 Å². The minimum Gasteiger partial charge on any atom is -0.393 e. The van der Waals surface area contributed by atoms with Gasteiger partial charge in [-0.05, 0) is 73.5 Å². The topological polar surface area (TPSA) is 40.5 Å². The highest BCUT2D eigenvalue weighted by Gasteiger charge is 2.58. The van der Waals surface area contributed by atoms with E-state index < -0.39 is 0 Å². The van der Waals surface area contributed by atoms with Crippen molar-refractivity contribution in [2.45, 2.75) is 77.4 Å². The minimum atomic E-state index is -0.272. The summed E-state index contributed by atoms with van der Waals surface area (Å²) in [5, 5.41) is 20.9. The van der Waals surface area contributed by atoms with Crippen molar-refractivity contribution in [3.63, 3.8) is 0 Å². The lowest BCUT2D eigenvalue weighted by Gasteiger charge is -2.58. The van der Waals surface area contributed by atoms with Gasteiger partial charge in [-0.15, -0.1) is 0 Å². The minimum absolute atomic E-state index is 0.187. The first-order valence-electron chi connectivity index (χ1n) is 9.01. The summed E-state index contributed by atoms with van der Waals surface area (Å²) in [5.41, 5.74) is 2.09. The van der Waals surface area contributed by atoms with E-state index in [4.69, 9.17) is 0 Å². The molecule has 0 bridgehead atoms. The molecule has 2 nitrogen and oxygen atoms in total. The zero-order chi connectivity index (χ0) is 14.8. The fourth-order valence-electron chi connectivity index (χ4n) is 6.62. The average Bonchev–Trinajstić information content (AvgIpc) is 2.82. The van der Waals surface area contributed by atoms with Crippen molar-refractivity contribution in [2.24, 2.45) is 28.6 Å². The summed E-state index contributed by atoms with van der Waals surface area (Å²) < 4.78 is 0. The standard InChI is InChI=1S/C19H30O2/c1-18-7-3-4-14(18)17-15(6-8-18)19(2)9-5-13(20)10-12(19)11-16(17)21/h11,13-17,20-21H,3-10H2,1-2H3/t13-,14+,15+,16-,17+,18+,19+/m1/s1.